The van der Waals surface area contributed by atoms with E-state index >= 15 is 0 Å². The molecule has 8 nitrogen and oxygen atoms in total. The lowest BCUT2D eigenvalue weighted by Crippen LogP contribution is -2.42. The fourth-order valence-corrected chi connectivity index (χ4v) is 3.30. The van der Waals surface area contributed by atoms with Gasteiger partial charge in [0.15, 0.2) is 11.8 Å². The first-order valence-electron chi connectivity index (χ1n) is 8.87. The molecular formula is C16H28N6O2. The van der Waals surface area contributed by atoms with Gasteiger partial charge in [0.05, 0.1) is 13.2 Å². The van der Waals surface area contributed by atoms with Crippen LogP contribution in [0.2, 0.25) is 0 Å². The maximum atomic E-state index is 5.43. The Morgan fingerprint density at radius 2 is 2.17 bits per heavy atom. The van der Waals surface area contributed by atoms with Gasteiger partial charge in [-0.2, -0.15) is 4.98 Å². The Morgan fingerprint density at radius 1 is 1.33 bits per heavy atom. The van der Waals surface area contributed by atoms with Gasteiger partial charge in [-0.1, -0.05) is 5.16 Å². The van der Waals surface area contributed by atoms with Crippen molar-refractivity contribution in [1.82, 2.24) is 25.3 Å². The molecule has 0 aromatic carbocycles. The predicted octanol–water partition coefficient (Wildman–Crippen LogP) is 0.498. The van der Waals surface area contributed by atoms with Crippen molar-refractivity contribution in [1.29, 1.82) is 0 Å². The van der Waals surface area contributed by atoms with Crippen LogP contribution >= 0.6 is 0 Å². The van der Waals surface area contributed by atoms with Gasteiger partial charge in [-0.3, -0.25) is 4.90 Å². The van der Waals surface area contributed by atoms with E-state index in [0.717, 1.165) is 58.4 Å². The predicted molar refractivity (Wildman–Crippen MR) is 90.8 cm³/mol. The Balaban J connectivity index is 1.53. The molecule has 1 aromatic heterocycles. The van der Waals surface area contributed by atoms with E-state index in [2.05, 4.69) is 37.2 Å². The minimum Gasteiger partial charge on any atom is -0.379 e. The van der Waals surface area contributed by atoms with Gasteiger partial charge < -0.3 is 19.5 Å². The first-order chi connectivity index (χ1) is 11.7. The summed E-state index contributed by atoms with van der Waals surface area (Å²) in [6.07, 6.45) is 1.21. The molecule has 8 heteroatoms. The van der Waals surface area contributed by atoms with E-state index in [9.17, 15) is 0 Å². The van der Waals surface area contributed by atoms with Crippen LogP contribution in [0.3, 0.4) is 0 Å². The molecule has 24 heavy (non-hydrogen) atoms. The smallest absolute Gasteiger partial charge is 0.223 e. The summed E-state index contributed by atoms with van der Waals surface area (Å²) in [6, 6.07) is 0. The summed E-state index contributed by atoms with van der Waals surface area (Å²) in [6.45, 7) is 12.3. The number of ether oxygens (including phenoxy) is 1. The Bertz CT molecular complexity index is 540. The van der Waals surface area contributed by atoms with E-state index in [1.807, 2.05) is 0 Å². The molecule has 0 radical (unpaired) electrons. The number of aryl methyl sites for hydroxylation is 1. The number of nitrogens with one attached hydrogen (secondary N) is 1. The molecule has 0 aliphatic carbocycles. The van der Waals surface area contributed by atoms with Crippen LogP contribution in [-0.2, 0) is 11.3 Å². The minimum absolute atomic E-state index is 0.449. The van der Waals surface area contributed by atoms with Crippen LogP contribution in [-0.4, -0.2) is 78.4 Å². The summed E-state index contributed by atoms with van der Waals surface area (Å²) in [5.74, 6) is 2.85. The number of hydrogen-bond donors (Lipinski definition) is 1. The lowest BCUT2D eigenvalue weighted by molar-refractivity contribution is 0.0315. The zero-order valence-corrected chi connectivity index (χ0v) is 14.7. The van der Waals surface area contributed by atoms with E-state index in [1.165, 1.54) is 6.42 Å². The van der Waals surface area contributed by atoms with Gasteiger partial charge in [0.2, 0.25) is 5.89 Å². The summed E-state index contributed by atoms with van der Waals surface area (Å²) in [5.41, 5.74) is 0. The Kier molecular flexibility index (Phi) is 6.03. The average Bonchev–Trinajstić information content (AvgIpc) is 3.22. The molecule has 1 unspecified atom stereocenters. The maximum Gasteiger partial charge on any atom is 0.223 e. The molecule has 2 fully saturated rings. The number of aromatic nitrogens is 2. The molecule has 1 aromatic rings. The van der Waals surface area contributed by atoms with Crippen LogP contribution in [0.15, 0.2) is 9.52 Å². The van der Waals surface area contributed by atoms with E-state index in [-0.39, 0.29) is 0 Å². The highest BCUT2D eigenvalue weighted by Gasteiger charge is 2.27. The lowest BCUT2D eigenvalue weighted by atomic mass is 10.1. The molecular weight excluding hydrogens is 308 g/mol. The standard InChI is InChI=1S/C16H28N6O2/c1-3-17-16(18-10-15-19-13(2)24-20-15)22-5-4-14(12-22)11-21-6-8-23-9-7-21/h14H,3-12H2,1-2H3,(H,17,18). The summed E-state index contributed by atoms with van der Waals surface area (Å²) in [5, 5.41) is 7.29. The van der Waals surface area contributed by atoms with Crippen LogP contribution in [0.1, 0.15) is 25.1 Å². The highest BCUT2D eigenvalue weighted by atomic mass is 16.5. The zero-order chi connectivity index (χ0) is 16.8. The van der Waals surface area contributed by atoms with Gasteiger partial charge in [0.1, 0.15) is 6.54 Å². The van der Waals surface area contributed by atoms with Crippen molar-refractivity contribution in [2.24, 2.45) is 10.9 Å². The van der Waals surface area contributed by atoms with Crippen molar-refractivity contribution >= 4 is 5.96 Å². The van der Waals surface area contributed by atoms with Gasteiger partial charge in [-0.15, -0.1) is 0 Å². The largest absolute Gasteiger partial charge is 0.379 e. The maximum absolute atomic E-state index is 5.43. The molecule has 1 atom stereocenters. The fourth-order valence-electron chi connectivity index (χ4n) is 3.30. The SMILES string of the molecule is CCNC(=NCc1noc(C)n1)N1CCC(CN2CCOCC2)C1. The van der Waals surface area contributed by atoms with Gasteiger partial charge in [0, 0.05) is 46.2 Å². The highest BCUT2D eigenvalue weighted by molar-refractivity contribution is 5.80. The molecule has 0 bridgehead atoms. The number of guanidine groups is 1. The number of hydrogen-bond acceptors (Lipinski definition) is 6. The van der Waals surface area contributed by atoms with Crippen LogP contribution in [0.4, 0.5) is 0 Å². The number of nitrogens with zero attached hydrogens (tertiary/aromatic N) is 5. The third-order valence-corrected chi connectivity index (χ3v) is 4.48. The van der Waals surface area contributed by atoms with Gasteiger partial charge in [-0.25, -0.2) is 4.99 Å². The number of likely N-dealkylation sites (tertiary alicyclic amines) is 1. The second-order valence-electron chi connectivity index (χ2n) is 6.41. The Morgan fingerprint density at radius 3 is 2.88 bits per heavy atom. The number of rotatable bonds is 5. The van der Waals surface area contributed by atoms with Crippen molar-refractivity contribution in [2.45, 2.75) is 26.8 Å². The Hall–Kier alpha value is -1.67. The monoisotopic (exact) mass is 336 g/mol. The normalized spacial score (nSPS) is 23.0. The molecule has 0 saturated carbocycles. The molecule has 2 saturated heterocycles. The molecule has 134 valence electrons. The molecule has 0 spiro atoms. The van der Waals surface area contributed by atoms with Crippen molar-refractivity contribution in [3.63, 3.8) is 0 Å². The zero-order valence-electron chi connectivity index (χ0n) is 14.7. The van der Waals surface area contributed by atoms with Gasteiger partial charge in [-0.05, 0) is 19.3 Å². The fraction of sp³-hybridized carbons (Fsp3) is 0.812. The van der Waals surface area contributed by atoms with E-state index in [0.29, 0.717) is 24.2 Å². The summed E-state index contributed by atoms with van der Waals surface area (Å²) in [7, 11) is 0. The minimum atomic E-state index is 0.449. The molecule has 3 heterocycles. The van der Waals surface area contributed by atoms with Crippen molar-refractivity contribution < 1.29 is 9.26 Å². The van der Waals surface area contributed by atoms with E-state index in [4.69, 9.17) is 9.26 Å². The van der Waals surface area contributed by atoms with E-state index < -0.39 is 0 Å². The van der Waals surface area contributed by atoms with Crippen LogP contribution in [0.25, 0.3) is 0 Å². The third kappa shape index (κ3) is 4.67. The average molecular weight is 336 g/mol. The van der Waals surface area contributed by atoms with Crippen molar-refractivity contribution in [3.05, 3.63) is 11.7 Å². The second kappa shape index (κ2) is 8.43. The van der Waals surface area contributed by atoms with Crippen LogP contribution in [0, 0.1) is 12.8 Å². The molecule has 2 aliphatic rings. The van der Waals surface area contributed by atoms with Gasteiger partial charge >= 0.3 is 0 Å². The van der Waals surface area contributed by atoms with Crippen LogP contribution < -0.4 is 5.32 Å². The summed E-state index contributed by atoms with van der Waals surface area (Å²) < 4.78 is 10.4. The summed E-state index contributed by atoms with van der Waals surface area (Å²) >= 11 is 0. The third-order valence-electron chi connectivity index (χ3n) is 4.48. The Labute approximate surface area is 143 Å². The highest BCUT2D eigenvalue weighted by Crippen LogP contribution is 2.18. The lowest BCUT2D eigenvalue weighted by Gasteiger charge is -2.29. The van der Waals surface area contributed by atoms with E-state index in [1.54, 1.807) is 6.92 Å². The second-order valence-corrected chi connectivity index (χ2v) is 6.41. The molecule has 3 rings (SSSR count). The number of morpholine rings is 1. The molecule has 1 N–H and O–H groups in total. The number of aliphatic imine (C=N–C) groups is 1. The van der Waals surface area contributed by atoms with Crippen LogP contribution in [0.5, 0.6) is 0 Å². The summed E-state index contributed by atoms with van der Waals surface area (Å²) in [4.78, 5) is 13.8. The van der Waals surface area contributed by atoms with Gasteiger partial charge in [0.25, 0.3) is 0 Å². The first kappa shape index (κ1) is 17.2. The van der Waals surface area contributed by atoms with Crippen molar-refractivity contribution in [3.8, 4) is 0 Å². The quantitative estimate of drug-likeness (QED) is 0.619. The van der Waals surface area contributed by atoms with Crippen molar-refractivity contribution in [2.75, 3.05) is 52.5 Å². The molecule has 0 amide bonds. The molecule has 2 aliphatic heterocycles. The topological polar surface area (TPSA) is 79.0 Å². The first-order valence-corrected chi connectivity index (χ1v) is 8.87.